The van der Waals surface area contributed by atoms with Crippen LogP contribution < -0.4 is 0 Å². The second-order valence-corrected chi connectivity index (χ2v) is 3.93. The molecule has 0 rings (SSSR count). The molecule has 92 valence electrons. The molecule has 0 aromatic heterocycles. The zero-order chi connectivity index (χ0) is 11.2. The predicted molar refractivity (Wildman–Crippen MR) is 65.3 cm³/mol. The van der Waals surface area contributed by atoms with E-state index >= 15 is 0 Å². The van der Waals surface area contributed by atoms with Crippen LogP contribution in [0.2, 0.25) is 0 Å². The Morgan fingerprint density at radius 2 is 1.20 bits per heavy atom. The molecule has 2 heteroatoms. The topological polar surface area (TPSA) is 18.5 Å². The van der Waals surface area contributed by atoms with Crippen LogP contribution in [-0.2, 0) is 9.47 Å². The first-order valence-electron chi connectivity index (χ1n) is 6.57. The summed E-state index contributed by atoms with van der Waals surface area (Å²) in [6.45, 7) is 7.72. The lowest BCUT2D eigenvalue weighted by Crippen LogP contribution is -2.01. The van der Waals surface area contributed by atoms with Gasteiger partial charge in [0.25, 0.3) is 0 Å². The summed E-state index contributed by atoms with van der Waals surface area (Å²) in [7, 11) is 0. The van der Waals surface area contributed by atoms with Gasteiger partial charge < -0.3 is 9.47 Å². The standard InChI is InChI=1S/C13H28O2/c1-3-5-6-7-8-9-11-15-13-10-12-14-4-2/h3-13H2,1-2H3. The van der Waals surface area contributed by atoms with Gasteiger partial charge in [-0.15, -0.1) is 0 Å². The third-order valence-electron chi connectivity index (χ3n) is 2.42. The highest BCUT2D eigenvalue weighted by molar-refractivity contribution is 4.43. The van der Waals surface area contributed by atoms with E-state index in [1.54, 1.807) is 0 Å². The molecule has 0 saturated heterocycles. The van der Waals surface area contributed by atoms with Crippen molar-refractivity contribution in [3.63, 3.8) is 0 Å². The molecule has 15 heavy (non-hydrogen) atoms. The van der Waals surface area contributed by atoms with Crippen LogP contribution in [0.15, 0.2) is 0 Å². The molecular weight excluding hydrogens is 188 g/mol. The predicted octanol–water partition coefficient (Wildman–Crippen LogP) is 3.79. The van der Waals surface area contributed by atoms with Crippen LogP contribution in [0, 0.1) is 0 Å². The van der Waals surface area contributed by atoms with Crippen LogP contribution >= 0.6 is 0 Å². The fraction of sp³-hybridized carbons (Fsp3) is 1.00. The van der Waals surface area contributed by atoms with Gasteiger partial charge in [0, 0.05) is 26.4 Å². The number of ether oxygens (including phenoxy) is 2. The second kappa shape index (κ2) is 13.9. The second-order valence-electron chi connectivity index (χ2n) is 3.93. The Bertz CT molecular complexity index is 92.7. The van der Waals surface area contributed by atoms with Gasteiger partial charge in [-0.25, -0.2) is 0 Å². The normalized spacial score (nSPS) is 10.8. The lowest BCUT2D eigenvalue weighted by molar-refractivity contribution is 0.0860. The van der Waals surface area contributed by atoms with Crippen molar-refractivity contribution in [3.05, 3.63) is 0 Å². The summed E-state index contributed by atoms with van der Waals surface area (Å²) < 4.78 is 10.7. The Morgan fingerprint density at radius 3 is 1.93 bits per heavy atom. The number of unbranched alkanes of at least 4 members (excludes halogenated alkanes) is 5. The Morgan fingerprint density at radius 1 is 0.600 bits per heavy atom. The molecule has 0 unspecified atom stereocenters. The fourth-order valence-corrected chi connectivity index (χ4v) is 1.49. The van der Waals surface area contributed by atoms with Crippen molar-refractivity contribution in [2.24, 2.45) is 0 Å². The van der Waals surface area contributed by atoms with Gasteiger partial charge in [-0.05, 0) is 19.8 Å². The quantitative estimate of drug-likeness (QED) is 0.462. The van der Waals surface area contributed by atoms with E-state index in [9.17, 15) is 0 Å². The minimum Gasteiger partial charge on any atom is -0.382 e. The van der Waals surface area contributed by atoms with Crippen molar-refractivity contribution in [3.8, 4) is 0 Å². The van der Waals surface area contributed by atoms with Crippen LogP contribution in [0.25, 0.3) is 0 Å². The highest BCUT2D eigenvalue weighted by Crippen LogP contribution is 2.04. The molecule has 0 fully saturated rings. The van der Waals surface area contributed by atoms with Gasteiger partial charge in [0.05, 0.1) is 0 Å². The smallest absolute Gasteiger partial charge is 0.0487 e. The lowest BCUT2D eigenvalue weighted by atomic mass is 10.1. The van der Waals surface area contributed by atoms with E-state index in [1.165, 1.54) is 38.5 Å². The highest BCUT2D eigenvalue weighted by Gasteiger charge is 1.91. The Balaban J connectivity index is 2.81. The van der Waals surface area contributed by atoms with Gasteiger partial charge in [0.15, 0.2) is 0 Å². The summed E-state index contributed by atoms with van der Waals surface area (Å²) in [4.78, 5) is 0. The summed E-state index contributed by atoms with van der Waals surface area (Å²) in [6, 6.07) is 0. The monoisotopic (exact) mass is 216 g/mol. The Kier molecular flexibility index (Phi) is 13.8. The molecule has 0 bridgehead atoms. The number of hydrogen-bond donors (Lipinski definition) is 0. The SMILES string of the molecule is CCCCCCCCOCCCOCC. The van der Waals surface area contributed by atoms with Crippen LogP contribution in [0.4, 0.5) is 0 Å². The Labute approximate surface area is 95.3 Å². The van der Waals surface area contributed by atoms with Crippen LogP contribution in [0.3, 0.4) is 0 Å². The summed E-state index contributed by atoms with van der Waals surface area (Å²) in [6.07, 6.45) is 9.05. The molecule has 0 heterocycles. The molecule has 0 atom stereocenters. The largest absolute Gasteiger partial charge is 0.382 e. The van der Waals surface area contributed by atoms with Crippen LogP contribution in [0.5, 0.6) is 0 Å². The zero-order valence-electron chi connectivity index (χ0n) is 10.6. The van der Waals surface area contributed by atoms with Crippen molar-refractivity contribution in [2.45, 2.75) is 58.8 Å². The minimum atomic E-state index is 0.817. The van der Waals surface area contributed by atoms with Gasteiger partial charge in [-0.1, -0.05) is 39.0 Å². The maximum Gasteiger partial charge on any atom is 0.0487 e. The van der Waals surface area contributed by atoms with E-state index in [2.05, 4.69) is 6.92 Å². The summed E-state index contributed by atoms with van der Waals surface area (Å²) in [5.41, 5.74) is 0. The maximum absolute atomic E-state index is 5.51. The van der Waals surface area contributed by atoms with Crippen molar-refractivity contribution in [2.75, 3.05) is 26.4 Å². The fourth-order valence-electron chi connectivity index (χ4n) is 1.49. The van der Waals surface area contributed by atoms with E-state index in [0.29, 0.717) is 0 Å². The van der Waals surface area contributed by atoms with E-state index in [1.807, 2.05) is 6.92 Å². The first-order chi connectivity index (χ1) is 7.41. The Hall–Kier alpha value is -0.0800. The van der Waals surface area contributed by atoms with Crippen molar-refractivity contribution in [1.82, 2.24) is 0 Å². The van der Waals surface area contributed by atoms with Gasteiger partial charge in [0.2, 0.25) is 0 Å². The third-order valence-corrected chi connectivity index (χ3v) is 2.42. The summed E-state index contributed by atoms with van der Waals surface area (Å²) in [5, 5.41) is 0. The molecule has 0 aliphatic heterocycles. The van der Waals surface area contributed by atoms with Crippen molar-refractivity contribution in [1.29, 1.82) is 0 Å². The third kappa shape index (κ3) is 13.9. The molecule has 0 amide bonds. The first-order valence-corrected chi connectivity index (χ1v) is 6.57. The zero-order valence-corrected chi connectivity index (χ0v) is 10.6. The summed E-state index contributed by atoms with van der Waals surface area (Å²) in [5.74, 6) is 0. The molecule has 0 aromatic rings. The average Bonchev–Trinajstić information content (AvgIpc) is 2.26. The molecule has 0 spiro atoms. The number of hydrogen-bond acceptors (Lipinski definition) is 2. The van der Waals surface area contributed by atoms with Gasteiger partial charge >= 0.3 is 0 Å². The molecule has 0 aliphatic carbocycles. The molecule has 0 radical (unpaired) electrons. The molecule has 0 aliphatic rings. The van der Waals surface area contributed by atoms with Crippen LogP contribution in [0.1, 0.15) is 58.8 Å². The van der Waals surface area contributed by atoms with Gasteiger partial charge in [-0.3, -0.25) is 0 Å². The van der Waals surface area contributed by atoms with Gasteiger partial charge in [-0.2, -0.15) is 0 Å². The van der Waals surface area contributed by atoms with Gasteiger partial charge in [0.1, 0.15) is 0 Å². The molecule has 0 saturated carbocycles. The molecule has 0 aromatic carbocycles. The van der Waals surface area contributed by atoms with E-state index < -0.39 is 0 Å². The average molecular weight is 216 g/mol. The maximum atomic E-state index is 5.51. The molecule has 2 nitrogen and oxygen atoms in total. The van der Waals surface area contributed by atoms with Crippen LogP contribution in [-0.4, -0.2) is 26.4 Å². The highest BCUT2D eigenvalue weighted by atomic mass is 16.5. The lowest BCUT2D eigenvalue weighted by Gasteiger charge is -2.04. The molecular formula is C13H28O2. The van der Waals surface area contributed by atoms with E-state index in [0.717, 1.165) is 32.8 Å². The molecule has 0 N–H and O–H groups in total. The minimum absolute atomic E-state index is 0.817. The van der Waals surface area contributed by atoms with E-state index in [-0.39, 0.29) is 0 Å². The summed E-state index contributed by atoms with van der Waals surface area (Å²) >= 11 is 0. The van der Waals surface area contributed by atoms with E-state index in [4.69, 9.17) is 9.47 Å². The van der Waals surface area contributed by atoms with Crippen molar-refractivity contribution < 1.29 is 9.47 Å². The first kappa shape index (κ1) is 14.9. The van der Waals surface area contributed by atoms with Crippen molar-refractivity contribution >= 4 is 0 Å². The number of rotatable bonds is 12.